The third-order valence-electron chi connectivity index (χ3n) is 4.16. The van der Waals surface area contributed by atoms with Gasteiger partial charge in [0.05, 0.1) is 0 Å². The van der Waals surface area contributed by atoms with Crippen LogP contribution in [-0.4, -0.2) is 11.4 Å². The second kappa shape index (κ2) is 7.29. The topological polar surface area (TPSA) is 37.3 Å². The molecule has 0 spiro atoms. The van der Waals surface area contributed by atoms with Gasteiger partial charge in [-0.25, -0.2) is 0 Å². The van der Waals surface area contributed by atoms with Crippen molar-refractivity contribution in [3.8, 4) is 0 Å². The fraction of sp³-hybridized carbons (Fsp3) is 0.350. The van der Waals surface area contributed by atoms with Crippen molar-refractivity contribution in [1.29, 1.82) is 0 Å². The number of halogens is 1. The lowest BCUT2D eigenvalue weighted by Crippen LogP contribution is -2.09. The maximum absolute atomic E-state index is 11.3. The summed E-state index contributed by atoms with van der Waals surface area (Å²) in [6, 6.07) is 11.2. The Morgan fingerprint density at radius 3 is 2.17 bits per heavy atom. The van der Waals surface area contributed by atoms with Crippen molar-refractivity contribution in [1.82, 2.24) is 0 Å². The van der Waals surface area contributed by atoms with Crippen molar-refractivity contribution in [2.45, 2.75) is 45.6 Å². The van der Waals surface area contributed by atoms with Crippen LogP contribution < -0.4 is 0 Å². The molecule has 2 rings (SSSR count). The predicted molar refractivity (Wildman–Crippen MR) is 95.5 cm³/mol. The van der Waals surface area contributed by atoms with Gasteiger partial charge >= 0.3 is 0 Å². The minimum absolute atomic E-state index is 0.278. The van der Waals surface area contributed by atoms with Crippen LogP contribution in [0, 0.1) is 0 Å². The fourth-order valence-electron chi connectivity index (χ4n) is 2.77. The lowest BCUT2D eigenvalue weighted by Gasteiger charge is -2.21. The average molecular weight is 331 g/mol. The third kappa shape index (κ3) is 3.82. The first-order chi connectivity index (χ1) is 10.8. The monoisotopic (exact) mass is 330 g/mol. The summed E-state index contributed by atoms with van der Waals surface area (Å²) in [5, 5.41) is 11.5. The third-order valence-corrected chi connectivity index (χ3v) is 4.40. The Bertz CT molecular complexity index is 705. The van der Waals surface area contributed by atoms with E-state index in [1.54, 1.807) is 18.2 Å². The summed E-state index contributed by atoms with van der Waals surface area (Å²) in [4.78, 5) is 11.3. The molecule has 122 valence electrons. The molecule has 0 radical (unpaired) electrons. The molecule has 23 heavy (non-hydrogen) atoms. The van der Waals surface area contributed by atoms with E-state index in [1.165, 1.54) is 0 Å². The molecule has 0 bridgehead atoms. The molecule has 2 nitrogen and oxygen atoms in total. The standard InChI is InChI=1S/C20H23ClO2/c1-12(2)14-6-8-17(13(3)4)19(9-14)20(23)18-10-16(21)7-5-15(18)11-22/h5-13,20,23H,1-4H3. The van der Waals surface area contributed by atoms with Crippen molar-refractivity contribution >= 4 is 17.9 Å². The van der Waals surface area contributed by atoms with Gasteiger partial charge in [-0.1, -0.05) is 57.5 Å². The molecule has 3 heteroatoms. The van der Waals surface area contributed by atoms with E-state index >= 15 is 0 Å². The van der Waals surface area contributed by atoms with Crippen LogP contribution in [0.2, 0.25) is 5.02 Å². The van der Waals surface area contributed by atoms with Crippen LogP contribution in [0.4, 0.5) is 0 Å². The summed E-state index contributed by atoms with van der Waals surface area (Å²) in [7, 11) is 0. The molecule has 2 aromatic carbocycles. The van der Waals surface area contributed by atoms with E-state index in [1.807, 2.05) is 6.07 Å². The van der Waals surface area contributed by atoms with Crippen molar-refractivity contribution in [2.24, 2.45) is 0 Å². The van der Waals surface area contributed by atoms with Crippen LogP contribution in [0.25, 0.3) is 0 Å². The Hall–Kier alpha value is -1.64. The Labute approximate surface area is 143 Å². The highest BCUT2D eigenvalue weighted by molar-refractivity contribution is 6.30. The normalized spacial score (nSPS) is 12.7. The molecule has 0 fully saturated rings. The molecule has 0 saturated carbocycles. The van der Waals surface area contributed by atoms with Gasteiger partial charge in [-0.05, 0) is 52.3 Å². The first kappa shape index (κ1) is 17.7. The second-order valence-electron chi connectivity index (χ2n) is 6.49. The number of hydrogen-bond donors (Lipinski definition) is 1. The predicted octanol–water partition coefficient (Wildman–Crippen LogP) is 5.48. The highest BCUT2D eigenvalue weighted by atomic mass is 35.5. The maximum Gasteiger partial charge on any atom is 0.150 e. The van der Waals surface area contributed by atoms with Crippen molar-refractivity contribution in [3.05, 3.63) is 69.2 Å². The molecular weight excluding hydrogens is 308 g/mol. The maximum atomic E-state index is 11.3. The Kier molecular flexibility index (Phi) is 5.61. The minimum atomic E-state index is -0.870. The van der Waals surface area contributed by atoms with E-state index in [2.05, 4.69) is 39.8 Å². The van der Waals surface area contributed by atoms with Crippen molar-refractivity contribution in [3.63, 3.8) is 0 Å². The molecule has 0 aliphatic heterocycles. The summed E-state index contributed by atoms with van der Waals surface area (Å²) in [6.07, 6.45) is -0.110. The number of rotatable bonds is 5. The van der Waals surface area contributed by atoms with Gasteiger partial charge in [-0.3, -0.25) is 4.79 Å². The summed E-state index contributed by atoms with van der Waals surface area (Å²) in [5.41, 5.74) is 4.11. The summed E-state index contributed by atoms with van der Waals surface area (Å²) >= 11 is 6.06. The number of benzene rings is 2. The van der Waals surface area contributed by atoms with Crippen LogP contribution in [0.3, 0.4) is 0 Å². The summed E-state index contributed by atoms with van der Waals surface area (Å²) in [5.74, 6) is 0.645. The van der Waals surface area contributed by atoms with E-state index in [9.17, 15) is 9.90 Å². The Morgan fingerprint density at radius 2 is 1.61 bits per heavy atom. The number of carbonyl (C=O) groups excluding carboxylic acids is 1. The number of aldehydes is 1. The molecule has 0 heterocycles. The summed E-state index contributed by atoms with van der Waals surface area (Å²) < 4.78 is 0. The molecule has 0 amide bonds. The highest BCUT2D eigenvalue weighted by Gasteiger charge is 2.20. The lowest BCUT2D eigenvalue weighted by atomic mass is 9.86. The molecule has 1 unspecified atom stereocenters. The van der Waals surface area contributed by atoms with Gasteiger partial charge in [0.2, 0.25) is 0 Å². The van der Waals surface area contributed by atoms with Gasteiger partial charge in [0, 0.05) is 10.6 Å². The number of hydrogen-bond acceptors (Lipinski definition) is 2. The smallest absolute Gasteiger partial charge is 0.150 e. The van der Waals surface area contributed by atoms with Gasteiger partial charge in [0.15, 0.2) is 0 Å². The molecule has 0 aliphatic rings. The molecule has 0 aliphatic carbocycles. The van der Waals surface area contributed by atoms with Crippen LogP contribution in [0.1, 0.15) is 78.2 Å². The lowest BCUT2D eigenvalue weighted by molar-refractivity contribution is 0.111. The first-order valence-electron chi connectivity index (χ1n) is 7.91. The average Bonchev–Trinajstić information content (AvgIpc) is 2.53. The van der Waals surface area contributed by atoms with Crippen LogP contribution in [-0.2, 0) is 0 Å². The van der Waals surface area contributed by atoms with E-state index in [0.29, 0.717) is 22.1 Å². The summed E-state index contributed by atoms with van der Waals surface area (Å²) in [6.45, 7) is 8.44. The van der Waals surface area contributed by atoms with E-state index in [0.717, 1.165) is 23.0 Å². The molecule has 1 N–H and O–H groups in total. The van der Waals surface area contributed by atoms with Crippen molar-refractivity contribution < 1.29 is 9.90 Å². The number of aliphatic hydroxyl groups is 1. The van der Waals surface area contributed by atoms with Crippen LogP contribution in [0.5, 0.6) is 0 Å². The van der Waals surface area contributed by atoms with Crippen LogP contribution in [0.15, 0.2) is 36.4 Å². The zero-order valence-electron chi connectivity index (χ0n) is 14.0. The van der Waals surface area contributed by atoms with Crippen LogP contribution >= 0.6 is 11.6 Å². The van der Waals surface area contributed by atoms with Gasteiger partial charge in [0.25, 0.3) is 0 Å². The Morgan fingerprint density at radius 1 is 0.913 bits per heavy atom. The molecule has 0 saturated heterocycles. The van der Waals surface area contributed by atoms with Crippen molar-refractivity contribution in [2.75, 3.05) is 0 Å². The van der Waals surface area contributed by atoms with E-state index in [-0.39, 0.29) is 5.92 Å². The molecule has 1 atom stereocenters. The van der Waals surface area contributed by atoms with E-state index < -0.39 is 6.10 Å². The minimum Gasteiger partial charge on any atom is -0.384 e. The Balaban J connectivity index is 2.61. The molecule has 2 aromatic rings. The number of aliphatic hydroxyl groups excluding tert-OH is 1. The van der Waals surface area contributed by atoms with Gasteiger partial charge < -0.3 is 5.11 Å². The van der Waals surface area contributed by atoms with E-state index in [4.69, 9.17) is 11.6 Å². The molecular formula is C20H23ClO2. The quantitative estimate of drug-likeness (QED) is 0.737. The fourth-order valence-corrected chi connectivity index (χ4v) is 2.95. The SMILES string of the molecule is CC(C)c1ccc(C(C)C)c(C(O)c2cc(Cl)ccc2C=O)c1. The zero-order valence-corrected chi connectivity index (χ0v) is 14.8. The van der Waals surface area contributed by atoms with Gasteiger partial charge in [-0.15, -0.1) is 0 Å². The zero-order chi connectivity index (χ0) is 17.1. The number of carbonyl (C=O) groups is 1. The largest absolute Gasteiger partial charge is 0.384 e. The molecule has 0 aromatic heterocycles. The first-order valence-corrected chi connectivity index (χ1v) is 8.29. The highest BCUT2D eigenvalue weighted by Crippen LogP contribution is 2.34. The second-order valence-corrected chi connectivity index (χ2v) is 6.93. The van der Waals surface area contributed by atoms with Gasteiger partial charge in [-0.2, -0.15) is 0 Å². The van der Waals surface area contributed by atoms with Gasteiger partial charge in [0.1, 0.15) is 12.4 Å².